The van der Waals surface area contributed by atoms with Crippen LogP contribution in [0, 0.1) is 23.3 Å². The Bertz CT molecular complexity index is 438. The first-order chi connectivity index (χ1) is 7.91. The Labute approximate surface area is 98.5 Å². The Balaban J connectivity index is 3.29. The molecule has 0 spiro atoms. The van der Waals surface area contributed by atoms with Crippen molar-refractivity contribution < 1.29 is 22.4 Å². The molecular weight excluding hydrogens is 264 g/mol. The molecule has 94 valence electrons. The number of hydrogen-bond donors (Lipinski definition) is 2. The van der Waals surface area contributed by atoms with Crippen LogP contribution in [-0.2, 0) is 0 Å². The smallest absolute Gasteiger partial charge is 0.257 e. The molecule has 8 heteroatoms. The summed E-state index contributed by atoms with van der Waals surface area (Å²) in [6.07, 6.45) is 0. The number of carbonyl (C=O) groups excluding carboxylic acids is 1. The summed E-state index contributed by atoms with van der Waals surface area (Å²) in [7, 11) is 0. The highest BCUT2D eigenvalue weighted by molar-refractivity contribution is 6.18. The van der Waals surface area contributed by atoms with Crippen molar-refractivity contribution in [1.29, 1.82) is 0 Å². The van der Waals surface area contributed by atoms with Gasteiger partial charge in [-0.05, 0) is 0 Å². The van der Waals surface area contributed by atoms with Crippen LogP contribution in [0.5, 0.6) is 0 Å². The molecule has 0 saturated carbocycles. The first-order valence-corrected chi connectivity index (χ1v) is 4.90. The fourth-order valence-electron chi connectivity index (χ4n) is 1.10. The molecule has 0 atom stereocenters. The highest BCUT2D eigenvalue weighted by Gasteiger charge is 2.27. The number of amides is 1. The van der Waals surface area contributed by atoms with Crippen LogP contribution in [-0.4, -0.2) is 18.3 Å². The number of halogens is 5. The molecule has 1 aromatic carbocycles. The summed E-state index contributed by atoms with van der Waals surface area (Å²) >= 11 is 5.23. The number of hydrogen-bond acceptors (Lipinski definition) is 2. The van der Waals surface area contributed by atoms with E-state index in [1.165, 1.54) is 0 Å². The Morgan fingerprint density at radius 3 is 2.00 bits per heavy atom. The molecule has 0 aliphatic rings. The first-order valence-electron chi connectivity index (χ1n) is 4.37. The highest BCUT2D eigenvalue weighted by atomic mass is 35.5. The molecule has 0 aliphatic heterocycles. The van der Waals surface area contributed by atoms with Gasteiger partial charge in [-0.1, -0.05) is 0 Å². The van der Waals surface area contributed by atoms with Crippen LogP contribution < -0.4 is 11.1 Å². The van der Waals surface area contributed by atoms with E-state index in [1.807, 2.05) is 5.32 Å². The van der Waals surface area contributed by atoms with Crippen LogP contribution in [0.4, 0.5) is 23.2 Å². The number of benzene rings is 1. The van der Waals surface area contributed by atoms with Crippen molar-refractivity contribution >= 4 is 23.2 Å². The third-order valence-electron chi connectivity index (χ3n) is 1.90. The van der Waals surface area contributed by atoms with E-state index in [9.17, 15) is 22.4 Å². The van der Waals surface area contributed by atoms with E-state index in [1.54, 1.807) is 0 Å². The quantitative estimate of drug-likeness (QED) is 0.381. The van der Waals surface area contributed by atoms with Crippen LogP contribution in [0.1, 0.15) is 10.4 Å². The summed E-state index contributed by atoms with van der Waals surface area (Å²) in [5.74, 6) is -8.62. The average Bonchev–Trinajstić information content (AvgIpc) is 2.31. The molecule has 0 saturated heterocycles. The number of anilines is 1. The molecule has 1 amide bonds. The molecule has 0 fully saturated rings. The number of nitrogens with one attached hydrogen (secondary N) is 1. The van der Waals surface area contributed by atoms with Gasteiger partial charge in [-0.25, -0.2) is 17.6 Å². The predicted molar refractivity (Wildman–Crippen MR) is 53.7 cm³/mol. The zero-order valence-corrected chi connectivity index (χ0v) is 9.05. The van der Waals surface area contributed by atoms with E-state index >= 15 is 0 Å². The minimum atomic E-state index is -1.84. The van der Waals surface area contributed by atoms with Crippen LogP contribution in [0.3, 0.4) is 0 Å². The molecule has 3 nitrogen and oxygen atoms in total. The van der Waals surface area contributed by atoms with Crippen molar-refractivity contribution in [3.05, 3.63) is 28.8 Å². The molecule has 0 aliphatic carbocycles. The number of alkyl halides is 1. The lowest BCUT2D eigenvalue weighted by molar-refractivity contribution is 0.0945. The Morgan fingerprint density at radius 2 is 1.59 bits per heavy atom. The van der Waals surface area contributed by atoms with Gasteiger partial charge < -0.3 is 11.1 Å². The largest absolute Gasteiger partial charge is 0.394 e. The van der Waals surface area contributed by atoms with Gasteiger partial charge in [0.15, 0.2) is 23.3 Å². The number of nitrogens with two attached hydrogens (primary N) is 1. The minimum absolute atomic E-state index is 0.0189. The van der Waals surface area contributed by atoms with E-state index in [0.29, 0.717) is 0 Å². The standard InChI is InChI=1S/C9H7ClF4N2O/c10-1-2-16-9(17)3-4(11)6(13)8(15)7(14)5(3)12/h1-2,15H2,(H,16,17). The van der Waals surface area contributed by atoms with E-state index in [-0.39, 0.29) is 12.4 Å². The van der Waals surface area contributed by atoms with Gasteiger partial charge in [-0.2, -0.15) is 0 Å². The number of nitrogen functional groups attached to an aromatic ring is 1. The van der Waals surface area contributed by atoms with E-state index in [4.69, 9.17) is 17.3 Å². The maximum absolute atomic E-state index is 13.2. The normalized spacial score (nSPS) is 10.4. The molecule has 3 N–H and O–H groups in total. The molecule has 17 heavy (non-hydrogen) atoms. The Kier molecular flexibility index (Phi) is 4.17. The zero-order chi connectivity index (χ0) is 13.2. The molecule has 1 aromatic rings. The molecular formula is C9H7ClF4N2O. The van der Waals surface area contributed by atoms with Crippen molar-refractivity contribution in [2.45, 2.75) is 0 Å². The van der Waals surface area contributed by atoms with Gasteiger partial charge in [-0.15, -0.1) is 11.6 Å². The van der Waals surface area contributed by atoms with Gasteiger partial charge >= 0.3 is 0 Å². The molecule has 0 aromatic heterocycles. The SMILES string of the molecule is Nc1c(F)c(F)c(C(=O)NCCCl)c(F)c1F. The maximum Gasteiger partial charge on any atom is 0.257 e. The average molecular weight is 271 g/mol. The predicted octanol–water partition coefficient (Wildman–Crippen LogP) is 1.79. The second-order valence-electron chi connectivity index (χ2n) is 2.99. The fraction of sp³-hybridized carbons (Fsp3) is 0.222. The Morgan fingerprint density at radius 1 is 1.12 bits per heavy atom. The van der Waals surface area contributed by atoms with E-state index in [2.05, 4.69) is 0 Å². The Hall–Kier alpha value is -1.50. The number of rotatable bonds is 3. The van der Waals surface area contributed by atoms with E-state index in [0.717, 1.165) is 0 Å². The van der Waals surface area contributed by atoms with Crippen LogP contribution in [0.25, 0.3) is 0 Å². The van der Waals surface area contributed by atoms with Crippen molar-refractivity contribution in [3.63, 3.8) is 0 Å². The lowest BCUT2D eigenvalue weighted by Gasteiger charge is -2.09. The van der Waals surface area contributed by atoms with Crippen molar-refractivity contribution in [1.82, 2.24) is 5.32 Å². The zero-order valence-electron chi connectivity index (χ0n) is 8.29. The lowest BCUT2D eigenvalue weighted by atomic mass is 10.1. The topological polar surface area (TPSA) is 55.1 Å². The van der Waals surface area contributed by atoms with Crippen LogP contribution >= 0.6 is 11.6 Å². The molecule has 0 heterocycles. The third kappa shape index (κ3) is 2.44. The summed E-state index contributed by atoms with van der Waals surface area (Å²) in [5.41, 5.74) is 2.10. The summed E-state index contributed by atoms with van der Waals surface area (Å²) in [6.45, 7) is -0.104. The minimum Gasteiger partial charge on any atom is -0.394 e. The monoisotopic (exact) mass is 270 g/mol. The van der Waals surface area contributed by atoms with Crippen LogP contribution in [0.2, 0.25) is 0 Å². The van der Waals surface area contributed by atoms with Gasteiger partial charge in [0.2, 0.25) is 0 Å². The summed E-state index contributed by atoms with van der Waals surface area (Å²) in [6, 6.07) is 0. The highest BCUT2D eigenvalue weighted by Crippen LogP contribution is 2.25. The second-order valence-corrected chi connectivity index (χ2v) is 3.37. The summed E-state index contributed by atoms with van der Waals surface area (Å²) in [4.78, 5) is 11.2. The summed E-state index contributed by atoms with van der Waals surface area (Å²) < 4.78 is 52.5. The van der Waals surface area contributed by atoms with Crippen molar-refractivity contribution in [2.24, 2.45) is 0 Å². The molecule has 0 bridgehead atoms. The van der Waals surface area contributed by atoms with Gasteiger partial charge in [0.1, 0.15) is 11.3 Å². The van der Waals surface area contributed by atoms with Crippen molar-refractivity contribution in [3.8, 4) is 0 Å². The van der Waals surface area contributed by atoms with Gasteiger partial charge in [0.25, 0.3) is 5.91 Å². The second kappa shape index (κ2) is 5.22. The molecule has 0 radical (unpaired) electrons. The van der Waals surface area contributed by atoms with Gasteiger partial charge in [0, 0.05) is 12.4 Å². The maximum atomic E-state index is 13.2. The fourth-order valence-corrected chi connectivity index (χ4v) is 1.19. The first kappa shape index (κ1) is 13.6. The van der Waals surface area contributed by atoms with Gasteiger partial charge in [-0.3, -0.25) is 4.79 Å². The molecule has 1 rings (SSSR count). The van der Waals surface area contributed by atoms with Crippen molar-refractivity contribution in [2.75, 3.05) is 18.2 Å². The lowest BCUT2D eigenvalue weighted by Crippen LogP contribution is -2.28. The molecule has 0 unspecified atom stereocenters. The number of carbonyl (C=O) groups is 1. The van der Waals surface area contributed by atoms with Gasteiger partial charge in [0.05, 0.1) is 0 Å². The van der Waals surface area contributed by atoms with Crippen LogP contribution in [0.15, 0.2) is 0 Å². The third-order valence-corrected chi connectivity index (χ3v) is 2.09. The summed E-state index contributed by atoms with van der Waals surface area (Å²) in [5, 5.41) is 1.98. The van der Waals surface area contributed by atoms with E-state index < -0.39 is 40.4 Å².